The third-order valence-electron chi connectivity index (χ3n) is 8.03. The van der Waals surface area contributed by atoms with Crippen molar-refractivity contribution in [3.05, 3.63) is 72.3 Å². The zero-order chi connectivity index (χ0) is 35.3. The molecular formula is C38H56O9. The molecule has 0 unspecified atom stereocenters. The standard InChI is InChI=1S/C35H48O5.CH2O2.CH4O.CH2O/c1-4-5-6-7-29-8-10-30(11-9-29)31-12-14-32(15-13-31)33-24-34(38-21-17-27(2)16-20-36)26-35(25-33)39-22-18-28(3)19-23-40-37;2-1-3;2*1-2/h12-15,20,24-26,29-30,37H,2-11,16-19,21-23H2,1H3;1H,(H,2,3);2H,1H3;1H2. The molecule has 0 heterocycles. The molecule has 262 valence electrons. The average Bonchev–Trinajstić information content (AvgIpc) is 3.10. The van der Waals surface area contributed by atoms with Crippen molar-refractivity contribution < 1.29 is 44.2 Å². The zero-order valence-corrected chi connectivity index (χ0v) is 28.4. The molecule has 2 aromatic rings. The van der Waals surface area contributed by atoms with Gasteiger partial charge in [0.1, 0.15) is 24.6 Å². The summed E-state index contributed by atoms with van der Waals surface area (Å²) in [5.74, 6) is 3.04. The Balaban J connectivity index is 0.00000280. The van der Waals surface area contributed by atoms with Crippen molar-refractivity contribution in [3.63, 3.8) is 0 Å². The van der Waals surface area contributed by atoms with Crippen LogP contribution in [0.1, 0.15) is 95.5 Å². The molecule has 9 heteroatoms. The second kappa shape index (κ2) is 28.4. The number of carboxylic acid groups (broad SMARTS) is 1. The SMILES string of the molecule is C=C(CC=O)CCOc1cc(OCCC(=C)CCOO)cc(-c2ccc(C3CCC(CCCCC)CC3)cc2)c1.C=O.CO.O=CO. The van der Waals surface area contributed by atoms with Gasteiger partial charge in [-0.2, -0.15) is 0 Å². The molecule has 0 aromatic heterocycles. The van der Waals surface area contributed by atoms with Crippen LogP contribution in [0, 0.1) is 5.92 Å². The van der Waals surface area contributed by atoms with Gasteiger partial charge in [0.15, 0.2) is 0 Å². The zero-order valence-electron chi connectivity index (χ0n) is 28.4. The normalized spacial score (nSPS) is 14.8. The average molecular weight is 657 g/mol. The molecule has 3 N–H and O–H groups in total. The number of aliphatic hydroxyl groups excluding tert-OH is 1. The minimum Gasteiger partial charge on any atom is -0.493 e. The summed E-state index contributed by atoms with van der Waals surface area (Å²) in [5, 5.41) is 22.4. The number of carbonyl (C=O) groups is 3. The number of hydrogen-bond donors (Lipinski definition) is 3. The molecule has 0 amide bonds. The number of ether oxygens (including phenoxy) is 2. The summed E-state index contributed by atoms with van der Waals surface area (Å²) in [6, 6.07) is 15.0. The molecule has 0 bridgehead atoms. The molecule has 1 fully saturated rings. The molecule has 0 aliphatic heterocycles. The highest BCUT2D eigenvalue weighted by molar-refractivity contribution is 5.67. The number of hydrogen-bond acceptors (Lipinski definition) is 8. The monoisotopic (exact) mass is 656 g/mol. The van der Waals surface area contributed by atoms with Crippen LogP contribution < -0.4 is 9.47 Å². The quantitative estimate of drug-likeness (QED) is 0.0447. The summed E-state index contributed by atoms with van der Waals surface area (Å²) in [6.45, 7) is 13.1. The fourth-order valence-electron chi connectivity index (χ4n) is 5.48. The van der Waals surface area contributed by atoms with Crippen LogP contribution in [0.15, 0.2) is 66.8 Å². The van der Waals surface area contributed by atoms with E-state index in [0.717, 1.165) is 53.1 Å². The van der Waals surface area contributed by atoms with Gasteiger partial charge in [0, 0.05) is 32.4 Å². The van der Waals surface area contributed by atoms with E-state index in [2.05, 4.69) is 49.2 Å². The van der Waals surface area contributed by atoms with Crippen LogP contribution in [0.4, 0.5) is 0 Å². The molecule has 3 rings (SSSR count). The fourth-order valence-corrected chi connectivity index (χ4v) is 5.48. The van der Waals surface area contributed by atoms with Crippen molar-refractivity contribution in [1.29, 1.82) is 0 Å². The lowest BCUT2D eigenvalue weighted by Crippen LogP contribution is -2.13. The molecule has 1 aliphatic rings. The van der Waals surface area contributed by atoms with E-state index in [9.17, 15) is 4.79 Å². The summed E-state index contributed by atoms with van der Waals surface area (Å²) in [6.07, 6.45) is 13.9. The summed E-state index contributed by atoms with van der Waals surface area (Å²) >= 11 is 0. The molecule has 0 atom stereocenters. The molecule has 0 radical (unpaired) electrons. The third-order valence-corrected chi connectivity index (χ3v) is 8.03. The Morgan fingerprint density at radius 1 is 0.809 bits per heavy atom. The highest BCUT2D eigenvalue weighted by atomic mass is 17.1. The van der Waals surface area contributed by atoms with Crippen LogP contribution in [-0.4, -0.2) is 61.9 Å². The van der Waals surface area contributed by atoms with Gasteiger partial charge in [0.25, 0.3) is 6.47 Å². The van der Waals surface area contributed by atoms with Gasteiger partial charge < -0.3 is 29.3 Å². The molecule has 0 saturated heterocycles. The van der Waals surface area contributed by atoms with Crippen molar-refractivity contribution in [2.75, 3.05) is 26.9 Å². The molecule has 9 nitrogen and oxygen atoms in total. The Labute approximate surface area is 281 Å². The largest absolute Gasteiger partial charge is 0.493 e. The van der Waals surface area contributed by atoms with Crippen molar-refractivity contribution in [2.24, 2.45) is 5.92 Å². The third kappa shape index (κ3) is 18.8. The van der Waals surface area contributed by atoms with Crippen molar-refractivity contribution in [2.45, 2.75) is 89.9 Å². The Kier molecular flexibility index (Phi) is 26.1. The Morgan fingerprint density at radius 2 is 1.34 bits per heavy atom. The van der Waals surface area contributed by atoms with Gasteiger partial charge in [-0.15, -0.1) is 0 Å². The first-order valence-electron chi connectivity index (χ1n) is 16.3. The fraction of sp³-hybridized carbons (Fsp3) is 0.500. The lowest BCUT2D eigenvalue weighted by Gasteiger charge is -2.29. The van der Waals surface area contributed by atoms with E-state index >= 15 is 0 Å². The van der Waals surface area contributed by atoms with Gasteiger partial charge in [-0.25, -0.2) is 4.89 Å². The van der Waals surface area contributed by atoms with Gasteiger partial charge in [0.05, 0.1) is 19.8 Å². The number of aliphatic hydroxyl groups is 1. The lowest BCUT2D eigenvalue weighted by atomic mass is 9.77. The Bertz CT molecular complexity index is 1120. The van der Waals surface area contributed by atoms with E-state index in [0.29, 0.717) is 44.8 Å². The first kappa shape index (κ1) is 43.2. The van der Waals surface area contributed by atoms with Crippen LogP contribution in [0.5, 0.6) is 11.5 Å². The summed E-state index contributed by atoms with van der Waals surface area (Å²) < 4.78 is 12.1. The predicted molar refractivity (Wildman–Crippen MR) is 187 cm³/mol. The number of aldehydes is 1. The van der Waals surface area contributed by atoms with E-state index in [1.165, 1.54) is 56.9 Å². The number of carbonyl (C=O) groups excluding carboxylic acids is 2. The van der Waals surface area contributed by atoms with Gasteiger partial charge in [-0.3, -0.25) is 10.1 Å². The maximum Gasteiger partial charge on any atom is 0.290 e. The van der Waals surface area contributed by atoms with E-state index in [4.69, 9.17) is 34.5 Å². The lowest BCUT2D eigenvalue weighted by molar-refractivity contribution is -0.241. The second-order valence-corrected chi connectivity index (χ2v) is 11.3. The van der Waals surface area contributed by atoms with E-state index in [1.807, 2.05) is 25.0 Å². The summed E-state index contributed by atoms with van der Waals surface area (Å²) in [4.78, 5) is 31.3. The summed E-state index contributed by atoms with van der Waals surface area (Å²) in [5.41, 5.74) is 5.43. The van der Waals surface area contributed by atoms with Gasteiger partial charge in [0.2, 0.25) is 0 Å². The minimum atomic E-state index is -0.250. The van der Waals surface area contributed by atoms with Crippen LogP contribution in [-0.2, 0) is 19.3 Å². The Hall–Kier alpha value is -3.79. The molecular weight excluding hydrogens is 600 g/mol. The number of benzene rings is 2. The highest BCUT2D eigenvalue weighted by Gasteiger charge is 2.22. The topological polar surface area (TPSA) is 140 Å². The van der Waals surface area contributed by atoms with Crippen LogP contribution in [0.3, 0.4) is 0 Å². The van der Waals surface area contributed by atoms with Crippen molar-refractivity contribution in [1.82, 2.24) is 0 Å². The van der Waals surface area contributed by atoms with E-state index in [1.54, 1.807) is 0 Å². The highest BCUT2D eigenvalue weighted by Crippen LogP contribution is 2.39. The van der Waals surface area contributed by atoms with Crippen LogP contribution in [0.2, 0.25) is 0 Å². The first-order chi connectivity index (χ1) is 22.9. The predicted octanol–water partition coefficient (Wildman–Crippen LogP) is 8.45. The maximum atomic E-state index is 10.7. The first-order valence-corrected chi connectivity index (χ1v) is 16.3. The molecule has 1 aliphatic carbocycles. The van der Waals surface area contributed by atoms with Crippen LogP contribution in [0.25, 0.3) is 11.1 Å². The molecule has 1 saturated carbocycles. The van der Waals surface area contributed by atoms with Crippen molar-refractivity contribution >= 4 is 19.5 Å². The van der Waals surface area contributed by atoms with Gasteiger partial charge in [-0.1, -0.05) is 81.2 Å². The maximum absolute atomic E-state index is 10.7. The van der Waals surface area contributed by atoms with Crippen molar-refractivity contribution in [3.8, 4) is 22.6 Å². The second-order valence-electron chi connectivity index (χ2n) is 11.3. The Morgan fingerprint density at radius 3 is 1.85 bits per heavy atom. The molecule has 47 heavy (non-hydrogen) atoms. The summed E-state index contributed by atoms with van der Waals surface area (Å²) in [7, 11) is 1.00. The van der Waals surface area contributed by atoms with Gasteiger partial charge >= 0.3 is 0 Å². The minimum absolute atomic E-state index is 0.234. The molecule has 2 aromatic carbocycles. The van der Waals surface area contributed by atoms with E-state index in [-0.39, 0.29) is 13.1 Å². The smallest absolute Gasteiger partial charge is 0.290 e. The number of rotatable bonds is 19. The van der Waals surface area contributed by atoms with Crippen LogP contribution >= 0.6 is 0 Å². The number of unbranched alkanes of at least 4 members (excludes halogenated alkanes) is 2. The van der Waals surface area contributed by atoms with E-state index < -0.39 is 0 Å². The van der Waals surface area contributed by atoms with Gasteiger partial charge in [-0.05, 0) is 72.8 Å². The molecule has 0 spiro atoms.